The van der Waals surface area contributed by atoms with Gasteiger partial charge in [-0.15, -0.1) is 11.3 Å². The molecule has 96 valence electrons. The highest BCUT2D eigenvalue weighted by Gasteiger charge is 2.13. The van der Waals surface area contributed by atoms with Crippen LogP contribution in [-0.2, 0) is 0 Å². The van der Waals surface area contributed by atoms with Crippen molar-refractivity contribution in [3.63, 3.8) is 0 Å². The number of hydrogen-bond acceptors (Lipinski definition) is 3. The van der Waals surface area contributed by atoms with Gasteiger partial charge in [0, 0.05) is 9.50 Å². The van der Waals surface area contributed by atoms with Gasteiger partial charge >= 0.3 is 0 Å². The number of aromatic amines is 1. The van der Waals surface area contributed by atoms with Crippen molar-refractivity contribution in [1.82, 2.24) is 14.8 Å². The van der Waals surface area contributed by atoms with E-state index in [9.17, 15) is 0 Å². The first-order valence-electron chi connectivity index (χ1n) is 5.33. The predicted octanol–water partition coefficient (Wildman–Crippen LogP) is 5.07. The second-order valence-corrected chi connectivity index (χ2v) is 6.39. The van der Waals surface area contributed by atoms with Gasteiger partial charge < -0.3 is 0 Å². The van der Waals surface area contributed by atoms with E-state index in [0.717, 1.165) is 20.9 Å². The predicted molar refractivity (Wildman–Crippen MR) is 84.8 cm³/mol. The zero-order valence-electron chi connectivity index (χ0n) is 9.43. The molecule has 0 amide bonds. The lowest BCUT2D eigenvalue weighted by Gasteiger charge is -2.08. The van der Waals surface area contributed by atoms with Crippen LogP contribution in [0.15, 0.2) is 40.2 Å². The van der Waals surface area contributed by atoms with Crippen molar-refractivity contribution in [3.05, 3.63) is 50.0 Å². The van der Waals surface area contributed by atoms with Gasteiger partial charge in [0.15, 0.2) is 10.6 Å². The molecule has 0 radical (unpaired) electrons. The molecule has 7 heteroatoms. The summed E-state index contributed by atoms with van der Waals surface area (Å²) in [7, 11) is 0. The highest BCUT2D eigenvalue weighted by Crippen LogP contribution is 2.30. The molecule has 0 bridgehead atoms. The van der Waals surface area contributed by atoms with Gasteiger partial charge in [-0.05, 0) is 57.8 Å². The molecule has 0 spiro atoms. The van der Waals surface area contributed by atoms with E-state index >= 15 is 0 Å². The van der Waals surface area contributed by atoms with Crippen molar-refractivity contribution in [2.45, 2.75) is 0 Å². The number of halogens is 2. The summed E-state index contributed by atoms with van der Waals surface area (Å²) in [6.07, 6.45) is 0. The highest BCUT2D eigenvalue weighted by atomic mass is 79.9. The summed E-state index contributed by atoms with van der Waals surface area (Å²) >= 11 is 16.4. The molecule has 0 fully saturated rings. The molecule has 0 aliphatic rings. The zero-order valence-corrected chi connectivity index (χ0v) is 13.4. The van der Waals surface area contributed by atoms with Crippen LogP contribution in [-0.4, -0.2) is 14.8 Å². The third kappa shape index (κ3) is 2.41. The van der Waals surface area contributed by atoms with E-state index < -0.39 is 0 Å². The summed E-state index contributed by atoms with van der Waals surface area (Å²) in [6.45, 7) is 0. The molecule has 3 nitrogen and oxygen atoms in total. The average Bonchev–Trinajstić information content (AvgIpc) is 2.99. The van der Waals surface area contributed by atoms with Crippen LogP contribution in [0.1, 0.15) is 0 Å². The lowest BCUT2D eigenvalue weighted by molar-refractivity contribution is 1.03. The maximum absolute atomic E-state index is 5.97. The van der Waals surface area contributed by atoms with Gasteiger partial charge in [0.25, 0.3) is 0 Å². The van der Waals surface area contributed by atoms with Crippen molar-refractivity contribution in [2.24, 2.45) is 0 Å². The van der Waals surface area contributed by atoms with E-state index in [1.807, 2.05) is 40.3 Å². The summed E-state index contributed by atoms with van der Waals surface area (Å²) in [4.78, 5) is 1.05. The first-order valence-corrected chi connectivity index (χ1v) is 7.79. The molecule has 0 aliphatic heterocycles. The molecule has 0 saturated carbocycles. The Balaban J connectivity index is 2.26. The number of thiophene rings is 1. The summed E-state index contributed by atoms with van der Waals surface area (Å²) < 4.78 is 3.31. The minimum absolute atomic E-state index is 0.548. The van der Waals surface area contributed by atoms with Crippen molar-refractivity contribution in [1.29, 1.82) is 0 Å². The molecule has 2 aromatic heterocycles. The molecule has 3 rings (SSSR count). The van der Waals surface area contributed by atoms with Gasteiger partial charge in [-0.2, -0.15) is 5.10 Å². The normalized spacial score (nSPS) is 10.8. The van der Waals surface area contributed by atoms with Gasteiger partial charge in [-0.25, -0.2) is 0 Å². The van der Waals surface area contributed by atoms with Crippen molar-refractivity contribution < 1.29 is 0 Å². The summed E-state index contributed by atoms with van der Waals surface area (Å²) in [5.41, 5.74) is 0.909. The smallest absolute Gasteiger partial charge is 0.200 e. The lowest BCUT2D eigenvalue weighted by Crippen LogP contribution is -1.97. The molecule has 0 saturated heterocycles. The average molecular weight is 373 g/mol. The third-order valence-electron chi connectivity index (χ3n) is 2.56. The van der Waals surface area contributed by atoms with E-state index in [1.54, 1.807) is 11.3 Å². The lowest BCUT2D eigenvalue weighted by atomic mass is 10.3. The molecule has 3 aromatic rings. The van der Waals surface area contributed by atoms with Crippen LogP contribution < -0.4 is 0 Å². The van der Waals surface area contributed by atoms with E-state index in [2.05, 4.69) is 26.1 Å². The van der Waals surface area contributed by atoms with Crippen LogP contribution in [0.2, 0.25) is 5.02 Å². The molecule has 0 unspecified atom stereocenters. The van der Waals surface area contributed by atoms with E-state index in [-0.39, 0.29) is 0 Å². The standard InChI is InChI=1S/C12H7BrClN3S2/c13-8-6-7(14)3-4-9(8)17-11(15-16-12(17)18)10-2-1-5-19-10/h1-6H,(H,16,18). The van der Waals surface area contributed by atoms with E-state index in [4.69, 9.17) is 23.8 Å². The van der Waals surface area contributed by atoms with Gasteiger partial charge in [-0.1, -0.05) is 17.7 Å². The molecular weight excluding hydrogens is 366 g/mol. The number of nitrogens with one attached hydrogen (secondary N) is 1. The second-order valence-electron chi connectivity index (χ2n) is 3.76. The van der Waals surface area contributed by atoms with Crippen LogP contribution in [0.25, 0.3) is 16.4 Å². The van der Waals surface area contributed by atoms with Gasteiger partial charge in [0.1, 0.15) is 0 Å². The van der Waals surface area contributed by atoms with Gasteiger partial charge in [0.2, 0.25) is 0 Å². The maximum Gasteiger partial charge on any atom is 0.200 e. The Hall–Kier alpha value is -0.950. The van der Waals surface area contributed by atoms with Crippen LogP contribution >= 0.6 is 51.1 Å². The number of hydrogen-bond donors (Lipinski definition) is 1. The monoisotopic (exact) mass is 371 g/mol. The number of aromatic nitrogens is 3. The fourth-order valence-electron chi connectivity index (χ4n) is 1.75. The highest BCUT2D eigenvalue weighted by molar-refractivity contribution is 9.10. The SMILES string of the molecule is S=c1[nH]nc(-c2cccs2)n1-c1ccc(Cl)cc1Br. The third-order valence-corrected chi connectivity index (χ3v) is 4.57. The number of nitrogens with zero attached hydrogens (tertiary/aromatic N) is 2. The minimum atomic E-state index is 0.548. The molecular formula is C12H7BrClN3S2. The fourth-order valence-corrected chi connectivity index (χ4v) is 3.55. The van der Waals surface area contributed by atoms with Crippen LogP contribution in [0.3, 0.4) is 0 Å². The first kappa shape index (κ1) is 13.1. The Bertz CT molecular complexity index is 777. The van der Waals surface area contributed by atoms with Gasteiger partial charge in [0.05, 0.1) is 10.6 Å². The molecule has 1 N–H and O–H groups in total. The Morgan fingerprint density at radius 2 is 2.21 bits per heavy atom. The number of rotatable bonds is 2. The Morgan fingerprint density at radius 3 is 2.89 bits per heavy atom. The zero-order chi connectivity index (χ0) is 13.4. The largest absolute Gasteiger partial charge is 0.266 e. The number of H-pyrrole nitrogens is 1. The summed E-state index contributed by atoms with van der Waals surface area (Å²) in [5, 5.41) is 9.81. The number of benzene rings is 1. The van der Waals surface area contributed by atoms with E-state index in [1.165, 1.54) is 0 Å². The van der Waals surface area contributed by atoms with E-state index in [0.29, 0.717) is 9.79 Å². The summed E-state index contributed by atoms with van der Waals surface area (Å²) in [5.74, 6) is 0.794. The molecule has 0 atom stereocenters. The van der Waals surface area contributed by atoms with Crippen LogP contribution in [0.4, 0.5) is 0 Å². The summed E-state index contributed by atoms with van der Waals surface area (Å²) in [6, 6.07) is 9.57. The van der Waals surface area contributed by atoms with Crippen molar-refractivity contribution >= 4 is 51.1 Å². The Labute approximate surface area is 132 Å². The Morgan fingerprint density at radius 1 is 1.37 bits per heavy atom. The molecule has 0 aliphatic carbocycles. The fraction of sp³-hybridized carbons (Fsp3) is 0. The van der Waals surface area contributed by atoms with Crippen molar-refractivity contribution in [3.8, 4) is 16.4 Å². The van der Waals surface area contributed by atoms with Gasteiger partial charge in [-0.3, -0.25) is 9.67 Å². The first-order chi connectivity index (χ1) is 9.16. The quantitative estimate of drug-likeness (QED) is 0.637. The van der Waals surface area contributed by atoms with Crippen molar-refractivity contribution in [2.75, 3.05) is 0 Å². The topological polar surface area (TPSA) is 33.6 Å². The molecule has 1 aromatic carbocycles. The van der Waals surface area contributed by atoms with Crippen LogP contribution in [0.5, 0.6) is 0 Å². The molecule has 19 heavy (non-hydrogen) atoms. The minimum Gasteiger partial charge on any atom is -0.266 e. The van der Waals surface area contributed by atoms with Crippen LogP contribution in [0, 0.1) is 4.77 Å². The molecule has 2 heterocycles. The second kappa shape index (κ2) is 5.20. The Kier molecular flexibility index (Phi) is 3.58. The maximum atomic E-state index is 5.97.